The van der Waals surface area contributed by atoms with Crippen molar-refractivity contribution in [3.05, 3.63) is 41.8 Å². The van der Waals surface area contributed by atoms with Crippen LogP contribution in [0, 0.1) is 0 Å². The minimum Gasteiger partial charge on any atom is -0.399 e. The predicted octanol–water partition coefficient (Wildman–Crippen LogP) is 3.61. The standard InChI is InChI=1S/C16H18BClN2O2.CH4.S50/c1-15(2)16(3,4)22-17(21-15)12-6-7-13(19-10-12)11-5-8-14(18)20-9-11;;1-3-5-7-9-11-13-15-17-19-21-23-25-27-29-31-33-35-37-39-41-43-45-47-49-50-48-46-44-42-40-38-36-34-32-30-28-26-24-22-20-18-16-14-12-10-8-6-4-2/h5-10H,1-4H3;1H4;. The normalized spacial score (nSPS) is 11.2. The van der Waals surface area contributed by atoms with E-state index < -0.39 is 7.12 Å². The van der Waals surface area contributed by atoms with Crippen molar-refractivity contribution < 1.29 is 9.31 Å². The van der Waals surface area contributed by atoms with Crippen LogP contribution in [0.5, 0.6) is 0 Å². The maximum absolute atomic E-state index is 6.02. The van der Waals surface area contributed by atoms with Crippen LogP contribution in [0.4, 0.5) is 0 Å². The van der Waals surface area contributed by atoms with E-state index in [2.05, 4.69) is 9.97 Å². The third-order valence-corrected chi connectivity index (χ3v) is 110. The van der Waals surface area contributed by atoms with Crippen molar-refractivity contribution in [2.75, 3.05) is 0 Å². The van der Waals surface area contributed by atoms with Crippen molar-refractivity contribution in [1.82, 2.24) is 9.97 Å². The van der Waals surface area contributed by atoms with E-state index in [9.17, 15) is 0 Å². The highest BCUT2D eigenvalue weighted by Crippen LogP contribution is 2.36. The molecular formula is C17H22BClN2O2S50. The first kappa shape index (κ1) is 80.6. The minimum absolute atomic E-state index is 0. The van der Waals surface area contributed by atoms with Gasteiger partial charge in [0, 0.05) is 472 Å². The molecule has 2 aromatic heterocycles. The number of rotatable bonds is 2. The van der Waals surface area contributed by atoms with Crippen molar-refractivity contribution in [2.24, 2.45) is 0 Å². The van der Waals surface area contributed by atoms with Gasteiger partial charge in [-0.2, -0.15) is 0 Å². The Morgan fingerprint density at radius 1 is 0.356 bits per heavy atom. The fourth-order valence-electron chi connectivity index (χ4n) is 2.74. The summed E-state index contributed by atoms with van der Waals surface area (Å²) in [7, 11) is 85.3. The highest BCUT2D eigenvalue weighted by molar-refractivity contribution is 8.82. The molecule has 1 saturated heterocycles. The average molecular weight is 1940 g/mol. The Labute approximate surface area is 576 Å². The van der Waals surface area contributed by atoms with Gasteiger partial charge in [0.15, 0.2) is 0 Å². The number of pyridine rings is 2. The highest BCUT2D eigenvalue weighted by Gasteiger charge is 2.51. The molecule has 2 aromatic rings. The number of hydrogen-bond acceptors (Lipinski definition) is 6. The molecule has 0 unspecified atom stereocenters. The molecule has 1 aliphatic rings. The molecule has 422 valence electrons. The molecule has 56 heteroatoms. The SMILES string of the molecule is C.CC1(C)OB(c2ccc(-c3ccc(Cl)nc3)nc2)OC1(C)C.S=S=S=S=S=S=S=S=S=S=S=S=S=S=S=S=S=S=S=S=S=S=S=S=S=S=S=S=S=S=S=S=S=S=S=S=S=S=S=S=S=S=S=S=S=S=S=S=S=S. The maximum atomic E-state index is 6.02. The smallest absolute Gasteiger partial charge is 0.399 e. The summed E-state index contributed by atoms with van der Waals surface area (Å²) in [4.78, 5) is 8.55. The lowest BCUT2D eigenvalue weighted by atomic mass is 9.80. The maximum Gasteiger partial charge on any atom is 0.496 e. The van der Waals surface area contributed by atoms with Crippen molar-refractivity contribution in [2.45, 2.75) is 46.3 Å². The van der Waals surface area contributed by atoms with Gasteiger partial charge >= 0.3 is 7.12 Å². The molecule has 1 aliphatic heterocycles. The van der Waals surface area contributed by atoms with Gasteiger partial charge in [-0.15, -0.1) is 0 Å². The second kappa shape index (κ2) is 59.2. The summed E-state index contributed by atoms with van der Waals surface area (Å²) >= 11 is 15.4. The fraction of sp³-hybridized carbons (Fsp3) is 0.412. The highest BCUT2D eigenvalue weighted by atomic mass is 35.5. The molecule has 0 aromatic carbocycles. The van der Waals surface area contributed by atoms with Gasteiger partial charge in [0.05, 0.1) is 16.9 Å². The van der Waals surface area contributed by atoms with Crippen molar-refractivity contribution in [3.8, 4) is 11.3 Å². The van der Waals surface area contributed by atoms with Crippen molar-refractivity contribution >= 4 is 473 Å². The van der Waals surface area contributed by atoms with E-state index in [0.717, 1.165) is 16.7 Å². The largest absolute Gasteiger partial charge is 0.496 e. The fourth-order valence-corrected chi connectivity index (χ4v) is 129. The number of nitrogens with zero attached hydrogens (tertiary/aromatic N) is 2. The first-order chi connectivity index (χ1) is 35.2. The molecule has 0 radical (unpaired) electrons. The summed E-state index contributed by atoms with van der Waals surface area (Å²) < 4.78 is 12.0. The topological polar surface area (TPSA) is 44.2 Å². The second-order valence-electron chi connectivity index (χ2n) is 9.70. The summed E-state index contributed by atoms with van der Waals surface area (Å²) in [5.74, 6) is 0. The van der Waals surface area contributed by atoms with Crippen molar-refractivity contribution in [3.63, 3.8) is 0 Å². The lowest BCUT2D eigenvalue weighted by Crippen LogP contribution is -2.41. The molecule has 0 N–H and O–H groups in total. The Hall–Kier alpha value is 9.57. The summed E-state index contributed by atoms with van der Waals surface area (Å²) in [5, 5.41) is 0.470. The monoisotopic (exact) mass is 1930 g/mol. The lowest BCUT2D eigenvalue weighted by molar-refractivity contribution is 0.00578. The zero-order valence-corrected chi connectivity index (χ0v) is 75.1. The molecular weight excluding hydrogens is 1910 g/mol. The van der Waals surface area contributed by atoms with E-state index in [1.807, 2.05) is 348 Å². The molecule has 0 aliphatic carbocycles. The van der Waals surface area contributed by atoms with Gasteiger partial charge in [-0.05, 0) is 45.9 Å². The van der Waals surface area contributed by atoms with E-state index >= 15 is 0 Å². The van der Waals surface area contributed by atoms with Crippen LogP contribution < -0.4 is 5.46 Å². The Kier molecular flexibility index (Phi) is 65.4. The average Bonchev–Trinajstić information content (AvgIpc) is 3.60. The molecule has 0 saturated carbocycles. The van der Waals surface area contributed by atoms with Gasteiger partial charge in [0.1, 0.15) is 5.15 Å². The molecule has 3 heterocycles. The number of halogens is 1. The molecule has 0 spiro atoms. The molecule has 3 rings (SSSR count). The summed E-state index contributed by atoms with van der Waals surface area (Å²) in [6, 6.07) is 7.55. The third-order valence-electron chi connectivity index (χ3n) is 5.64. The van der Waals surface area contributed by atoms with Gasteiger partial charge in [-0.1, -0.05) is 25.1 Å². The van der Waals surface area contributed by atoms with Crippen LogP contribution in [0.15, 0.2) is 36.7 Å². The summed E-state index contributed by atoms with van der Waals surface area (Å²) in [6.07, 6.45) is 3.49. The second-order valence-corrected chi connectivity index (χ2v) is 95.0. The zero-order valence-electron chi connectivity index (χ0n) is 33.5. The predicted molar refractivity (Wildman–Crippen MR) is 463 cm³/mol. The van der Waals surface area contributed by atoms with E-state index in [4.69, 9.17) is 43.3 Å². The van der Waals surface area contributed by atoms with Crippen LogP contribution in [0.1, 0.15) is 35.1 Å². The van der Waals surface area contributed by atoms with Gasteiger partial charge < -0.3 is 9.31 Å². The molecule has 1 fully saturated rings. The lowest BCUT2D eigenvalue weighted by Gasteiger charge is -2.32. The number of hydrogen-bond donors (Lipinski definition) is 0. The minimum atomic E-state index is -0.394. The van der Waals surface area contributed by atoms with Crippen LogP contribution in [-0.4, -0.2) is 28.3 Å². The Bertz CT molecular complexity index is 4350. The van der Waals surface area contributed by atoms with Gasteiger partial charge in [0.2, 0.25) is 0 Å². The van der Waals surface area contributed by atoms with Gasteiger partial charge in [-0.3, -0.25) is 4.98 Å². The van der Waals surface area contributed by atoms with E-state index in [0.29, 0.717) is 5.15 Å². The van der Waals surface area contributed by atoms with Crippen LogP contribution >= 0.6 is 11.6 Å². The van der Waals surface area contributed by atoms with Gasteiger partial charge in [0.25, 0.3) is 0 Å². The van der Waals surface area contributed by atoms with E-state index in [1.165, 1.54) is 17.8 Å². The summed E-state index contributed by atoms with van der Waals surface area (Å²) in [5.41, 5.74) is 1.96. The zero-order chi connectivity index (χ0) is 51.9. The Balaban J connectivity index is 0.000000949. The first-order valence-electron chi connectivity index (χ1n) is 15.4. The molecule has 73 heavy (non-hydrogen) atoms. The Morgan fingerprint density at radius 2 is 0.603 bits per heavy atom. The molecule has 0 amide bonds. The molecule has 0 atom stereocenters. The molecule has 0 bridgehead atoms. The van der Waals surface area contributed by atoms with E-state index in [1.54, 1.807) is 125 Å². The van der Waals surface area contributed by atoms with Crippen LogP contribution in [0.25, 0.3) is 11.3 Å². The molecule has 4 nitrogen and oxygen atoms in total. The number of aromatic nitrogens is 2. The summed E-state index contributed by atoms with van der Waals surface area (Å²) in [6.45, 7) is 8.14. The first-order valence-corrected chi connectivity index (χ1v) is 81.1. The Morgan fingerprint density at radius 3 is 0.795 bits per heavy atom. The van der Waals surface area contributed by atoms with Crippen LogP contribution in [0.2, 0.25) is 5.15 Å². The quantitative estimate of drug-likeness (QED) is 0.339. The van der Waals surface area contributed by atoms with E-state index in [-0.39, 0.29) is 18.6 Å². The third kappa shape index (κ3) is 48.2. The van der Waals surface area contributed by atoms with Gasteiger partial charge in [-0.25, -0.2) is 4.98 Å². The van der Waals surface area contributed by atoms with Crippen LogP contribution in [0.3, 0.4) is 0 Å². The van der Waals surface area contributed by atoms with Crippen molar-refractivity contribution in [1.29, 1.82) is 0 Å². The van der Waals surface area contributed by atoms with Crippen LogP contribution in [-0.2, 0) is 458 Å².